The van der Waals surface area contributed by atoms with Crippen LogP contribution in [0.5, 0.6) is 0 Å². The monoisotopic (exact) mass is 280 g/mol. The van der Waals surface area contributed by atoms with Gasteiger partial charge < -0.3 is 5.32 Å². The van der Waals surface area contributed by atoms with Crippen molar-refractivity contribution in [2.45, 2.75) is 46.0 Å². The van der Waals surface area contributed by atoms with Gasteiger partial charge in [-0.15, -0.1) is 0 Å². The minimum atomic E-state index is -0.231. The predicted octanol–water partition coefficient (Wildman–Crippen LogP) is 1.32. The van der Waals surface area contributed by atoms with Gasteiger partial charge in [-0.1, -0.05) is 26.7 Å². The zero-order chi connectivity index (χ0) is 14.7. The van der Waals surface area contributed by atoms with E-state index in [1.54, 1.807) is 0 Å². The Bertz CT molecular complexity index is 382. The van der Waals surface area contributed by atoms with Gasteiger partial charge in [0, 0.05) is 6.54 Å². The van der Waals surface area contributed by atoms with E-state index in [1.165, 1.54) is 4.90 Å². The molecule has 1 N–H and O–H groups in total. The van der Waals surface area contributed by atoms with E-state index in [9.17, 15) is 14.4 Å². The molecule has 5 heteroatoms. The van der Waals surface area contributed by atoms with Crippen molar-refractivity contribution < 1.29 is 14.4 Å². The van der Waals surface area contributed by atoms with E-state index in [4.69, 9.17) is 0 Å². The Morgan fingerprint density at radius 1 is 1.20 bits per heavy atom. The minimum absolute atomic E-state index is 0.108. The fourth-order valence-electron chi connectivity index (χ4n) is 3.09. The van der Waals surface area contributed by atoms with E-state index >= 15 is 0 Å². The molecule has 0 spiro atoms. The van der Waals surface area contributed by atoms with Gasteiger partial charge in [0.2, 0.25) is 17.7 Å². The number of carbonyl (C=O) groups is 3. The van der Waals surface area contributed by atoms with Crippen LogP contribution in [0.15, 0.2) is 0 Å². The molecule has 0 aromatic rings. The minimum Gasteiger partial charge on any atom is -0.355 e. The second-order valence-corrected chi connectivity index (χ2v) is 6.29. The van der Waals surface area contributed by atoms with Gasteiger partial charge >= 0.3 is 0 Å². The number of nitrogens with one attached hydrogen (secondary N) is 1. The van der Waals surface area contributed by atoms with Crippen LogP contribution < -0.4 is 5.32 Å². The Morgan fingerprint density at radius 3 is 2.25 bits per heavy atom. The van der Waals surface area contributed by atoms with Crippen LogP contribution in [0.3, 0.4) is 0 Å². The Hall–Kier alpha value is -1.39. The second kappa shape index (κ2) is 6.37. The number of hydrogen-bond donors (Lipinski definition) is 1. The molecule has 0 bridgehead atoms. The summed E-state index contributed by atoms with van der Waals surface area (Å²) in [5.41, 5.74) is 0. The molecule has 2 fully saturated rings. The quantitative estimate of drug-likeness (QED) is 0.772. The van der Waals surface area contributed by atoms with Crippen molar-refractivity contribution in [3.63, 3.8) is 0 Å². The molecule has 0 aromatic carbocycles. The van der Waals surface area contributed by atoms with Crippen molar-refractivity contribution in [2.75, 3.05) is 13.1 Å². The van der Waals surface area contributed by atoms with Crippen LogP contribution in [0.4, 0.5) is 0 Å². The molecule has 1 saturated heterocycles. The molecule has 20 heavy (non-hydrogen) atoms. The summed E-state index contributed by atoms with van der Waals surface area (Å²) < 4.78 is 0. The number of amides is 3. The van der Waals surface area contributed by atoms with E-state index in [2.05, 4.69) is 19.2 Å². The number of likely N-dealkylation sites (tertiary alicyclic amines) is 1. The topological polar surface area (TPSA) is 66.5 Å². The van der Waals surface area contributed by atoms with Gasteiger partial charge in [-0.3, -0.25) is 19.3 Å². The van der Waals surface area contributed by atoms with Crippen LogP contribution in [0.25, 0.3) is 0 Å². The maximum atomic E-state index is 12.2. The number of carbonyl (C=O) groups excluding carboxylic acids is 3. The first kappa shape index (κ1) is 15.0. The summed E-state index contributed by atoms with van der Waals surface area (Å²) in [6.07, 6.45) is 4.50. The molecule has 1 saturated carbocycles. The molecule has 2 atom stereocenters. The molecule has 1 heterocycles. The van der Waals surface area contributed by atoms with Gasteiger partial charge in [0.25, 0.3) is 0 Å². The van der Waals surface area contributed by atoms with E-state index in [-0.39, 0.29) is 36.1 Å². The average molecular weight is 280 g/mol. The lowest BCUT2D eigenvalue weighted by atomic mass is 9.81. The van der Waals surface area contributed by atoms with Crippen LogP contribution in [0.2, 0.25) is 0 Å². The largest absolute Gasteiger partial charge is 0.355 e. The lowest BCUT2D eigenvalue weighted by Gasteiger charge is -2.19. The van der Waals surface area contributed by atoms with Crippen molar-refractivity contribution in [2.24, 2.45) is 17.8 Å². The third-order valence-electron chi connectivity index (χ3n) is 4.28. The second-order valence-electron chi connectivity index (χ2n) is 6.29. The highest BCUT2D eigenvalue weighted by atomic mass is 16.2. The lowest BCUT2D eigenvalue weighted by Crippen LogP contribution is -2.41. The summed E-state index contributed by atoms with van der Waals surface area (Å²) >= 11 is 0. The smallest absolute Gasteiger partial charge is 0.240 e. The number of rotatable bonds is 5. The number of imide groups is 1. The molecule has 0 unspecified atom stereocenters. The highest BCUT2D eigenvalue weighted by Gasteiger charge is 2.48. The number of nitrogens with zero attached hydrogens (tertiary/aromatic N) is 1. The normalized spacial score (nSPS) is 26.1. The summed E-state index contributed by atoms with van der Waals surface area (Å²) in [6.45, 7) is 4.66. The lowest BCUT2D eigenvalue weighted by molar-refractivity contribution is -0.143. The zero-order valence-electron chi connectivity index (χ0n) is 12.4. The molecule has 5 nitrogen and oxygen atoms in total. The van der Waals surface area contributed by atoms with Gasteiger partial charge in [-0.2, -0.15) is 0 Å². The molecule has 0 radical (unpaired) electrons. The summed E-state index contributed by atoms with van der Waals surface area (Å²) in [6, 6.07) is 0. The van der Waals surface area contributed by atoms with Gasteiger partial charge in [-0.25, -0.2) is 0 Å². The Labute approximate surface area is 120 Å². The van der Waals surface area contributed by atoms with E-state index in [0.717, 1.165) is 32.1 Å². The molecule has 1 aliphatic carbocycles. The fourth-order valence-corrected chi connectivity index (χ4v) is 3.09. The van der Waals surface area contributed by atoms with Crippen molar-refractivity contribution in [1.82, 2.24) is 10.2 Å². The zero-order valence-corrected chi connectivity index (χ0v) is 12.4. The predicted molar refractivity (Wildman–Crippen MR) is 74.6 cm³/mol. The number of fused-ring (bicyclic) bond motifs is 1. The van der Waals surface area contributed by atoms with Gasteiger partial charge in [-0.05, 0) is 25.2 Å². The highest BCUT2D eigenvalue weighted by Crippen LogP contribution is 2.37. The van der Waals surface area contributed by atoms with Gasteiger partial charge in [0.15, 0.2) is 0 Å². The standard InChI is InChI=1S/C15H24N2O3/c1-10(2)7-8-16-13(18)9-17-14(19)11-5-3-4-6-12(11)15(17)20/h10-12H,3-9H2,1-2H3,(H,16,18)/t11-,12-/m0/s1. The van der Waals surface area contributed by atoms with Crippen molar-refractivity contribution >= 4 is 17.7 Å². The molecule has 2 rings (SSSR count). The summed E-state index contributed by atoms with van der Waals surface area (Å²) in [5.74, 6) is -0.323. The van der Waals surface area contributed by atoms with E-state index in [0.29, 0.717) is 12.5 Å². The van der Waals surface area contributed by atoms with Crippen LogP contribution in [-0.4, -0.2) is 35.7 Å². The van der Waals surface area contributed by atoms with Crippen LogP contribution >= 0.6 is 0 Å². The maximum Gasteiger partial charge on any atom is 0.240 e. The van der Waals surface area contributed by atoms with E-state index in [1.807, 2.05) is 0 Å². The SMILES string of the molecule is CC(C)CCNC(=O)CN1C(=O)[C@H]2CCCC[C@@H]2C1=O. The molecule has 112 valence electrons. The van der Waals surface area contributed by atoms with Crippen LogP contribution in [0, 0.1) is 17.8 Å². The first-order valence-corrected chi connectivity index (χ1v) is 7.62. The molecular weight excluding hydrogens is 256 g/mol. The fraction of sp³-hybridized carbons (Fsp3) is 0.800. The summed E-state index contributed by atoms with van der Waals surface area (Å²) in [4.78, 5) is 37.4. The van der Waals surface area contributed by atoms with Gasteiger partial charge in [0.1, 0.15) is 6.54 Å². The Morgan fingerprint density at radius 2 is 1.75 bits per heavy atom. The summed E-state index contributed by atoms with van der Waals surface area (Å²) in [5, 5.41) is 2.78. The third-order valence-corrected chi connectivity index (χ3v) is 4.28. The average Bonchev–Trinajstić information content (AvgIpc) is 2.64. The van der Waals surface area contributed by atoms with Crippen molar-refractivity contribution in [1.29, 1.82) is 0 Å². The van der Waals surface area contributed by atoms with E-state index < -0.39 is 0 Å². The Balaban J connectivity index is 1.87. The molecular formula is C15H24N2O3. The first-order valence-electron chi connectivity index (χ1n) is 7.62. The molecule has 0 aromatic heterocycles. The van der Waals surface area contributed by atoms with Crippen LogP contribution in [0.1, 0.15) is 46.0 Å². The van der Waals surface area contributed by atoms with Crippen molar-refractivity contribution in [3.05, 3.63) is 0 Å². The maximum absolute atomic E-state index is 12.2. The Kier molecular flexibility index (Phi) is 4.78. The van der Waals surface area contributed by atoms with Gasteiger partial charge in [0.05, 0.1) is 11.8 Å². The molecule has 1 aliphatic heterocycles. The van der Waals surface area contributed by atoms with Crippen molar-refractivity contribution in [3.8, 4) is 0 Å². The highest BCUT2D eigenvalue weighted by molar-refractivity contribution is 6.07. The summed E-state index contributed by atoms with van der Waals surface area (Å²) in [7, 11) is 0. The van der Waals surface area contributed by atoms with Crippen LogP contribution in [-0.2, 0) is 14.4 Å². The third kappa shape index (κ3) is 3.19. The molecule has 3 amide bonds. The molecule has 2 aliphatic rings. The number of hydrogen-bond acceptors (Lipinski definition) is 3. The first-order chi connectivity index (χ1) is 9.50.